The molecule has 2 aromatic carbocycles. The molecule has 4 aromatic rings. The maximum atomic E-state index is 16.0. The first-order valence-corrected chi connectivity index (χ1v) is 14.6. The van der Waals surface area contributed by atoms with Crippen LogP contribution < -0.4 is 0 Å². The highest BCUT2D eigenvalue weighted by molar-refractivity contribution is 7.90. The number of rotatable bonds is 7. The van der Waals surface area contributed by atoms with Crippen molar-refractivity contribution in [2.24, 2.45) is 0 Å². The molecule has 1 aliphatic heterocycles. The number of nitrogens with zero attached hydrogens (tertiary/aromatic N) is 4. The van der Waals surface area contributed by atoms with Crippen LogP contribution in [-0.4, -0.2) is 47.2 Å². The second-order valence-electron chi connectivity index (χ2n) is 10.2. The molecular weight excluding hydrogens is 544 g/mol. The lowest BCUT2D eigenvalue weighted by atomic mass is 10.0. The molecule has 0 amide bonds. The van der Waals surface area contributed by atoms with E-state index in [4.69, 9.17) is 5.10 Å². The lowest BCUT2D eigenvalue weighted by Gasteiger charge is -2.34. The highest BCUT2D eigenvalue weighted by atomic mass is 32.2. The van der Waals surface area contributed by atoms with Crippen LogP contribution in [0.25, 0.3) is 22.4 Å². The number of hydrogen-bond acceptors (Lipinski definition) is 5. The SMILES string of the molecule is CC(C)N1CCC(n2cc(-c3ccnc(F)c3)c(-c3cccc(CS(=O)(=O)c4cc(F)ccc4F)c3F)n2)CC1. The topological polar surface area (TPSA) is 68.1 Å². The summed E-state index contributed by atoms with van der Waals surface area (Å²) in [7, 11) is -4.42. The fourth-order valence-corrected chi connectivity index (χ4v) is 6.54. The first kappa shape index (κ1) is 28.0. The van der Waals surface area contributed by atoms with Crippen LogP contribution >= 0.6 is 0 Å². The maximum Gasteiger partial charge on any atom is 0.213 e. The zero-order valence-electron chi connectivity index (χ0n) is 22.0. The van der Waals surface area contributed by atoms with Crippen LogP contribution in [0.5, 0.6) is 0 Å². The van der Waals surface area contributed by atoms with Crippen LogP contribution in [0.4, 0.5) is 17.6 Å². The van der Waals surface area contributed by atoms with E-state index in [0.717, 1.165) is 32.0 Å². The molecule has 5 rings (SSSR count). The fourth-order valence-electron chi connectivity index (χ4n) is 5.10. The zero-order valence-corrected chi connectivity index (χ0v) is 22.8. The Hall–Kier alpha value is -3.57. The van der Waals surface area contributed by atoms with Gasteiger partial charge in [-0.15, -0.1) is 0 Å². The minimum atomic E-state index is -4.42. The standard InChI is InChI=1S/C29H28F4N4O2S/c1-18(2)36-12-9-22(10-13-36)37-16-24(19-8-11-34-27(32)14-19)29(35-37)23-5-3-4-20(28(23)33)17-40(38,39)26-15-21(30)6-7-25(26)31/h3-8,11,14-16,18,22H,9-10,12-13,17H2,1-2H3. The number of hydrogen-bond donors (Lipinski definition) is 0. The number of sulfone groups is 1. The summed E-state index contributed by atoms with van der Waals surface area (Å²) >= 11 is 0. The van der Waals surface area contributed by atoms with Crippen molar-refractivity contribution >= 4 is 9.84 Å². The molecule has 0 bridgehead atoms. The predicted molar refractivity (Wildman–Crippen MR) is 143 cm³/mol. The van der Waals surface area contributed by atoms with Gasteiger partial charge in [0.2, 0.25) is 5.95 Å². The molecule has 40 heavy (non-hydrogen) atoms. The smallest absolute Gasteiger partial charge is 0.213 e. The van der Waals surface area contributed by atoms with Crippen molar-refractivity contribution in [1.82, 2.24) is 19.7 Å². The van der Waals surface area contributed by atoms with E-state index in [-0.39, 0.29) is 22.9 Å². The normalized spacial score (nSPS) is 15.2. The summed E-state index contributed by atoms with van der Waals surface area (Å²) in [5.74, 6) is -4.51. The molecule has 11 heteroatoms. The van der Waals surface area contributed by atoms with Gasteiger partial charge in [-0.2, -0.15) is 9.49 Å². The molecule has 0 atom stereocenters. The molecule has 2 aromatic heterocycles. The average molecular weight is 573 g/mol. The lowest BCUT2D eigenvalue weighted by Crippen LogP contribution is -2.39. The molecule has 3 heterocycles. The Morgan fingerprint density at radius 1 is 0.975 bits per heavy atom. The van der Waals surface area contributed by atoms with E-state index >= 15 is 4.39 Å². The van der Waals surface area contributed by atoms with E-state index in [1.165, 1.54) is 30.5 Å². The first-order valence-electron chi connectivity index (χ1n) is 12.9. The van der Waals surface area contributed by atoms with E-state index < -0.39 is 43.9 Å². The summed E-state index contributed by atoms with van der Waals surface area (Å²) in [4.78, 5) is 5.13. The summed E-state index contributed by atoms with van der Waals surface area (Å²) in [6, 6.07) is 9.59. The summed E-state index contributed by atoms with van der Waals surface area (Å²) in [6.45, 7) is 6.02. The Morgan fingerprint density at radius 3 is 2.42 bits per heavy atom. The van der Waals surface area contributed by atoms with E-state index in [1.54, 1.807) is 16.9 Å². The Labute approximate surface area is 230 Å². The van der Waals surface area contributed by atoms with Crippen molar-refractivity contribution in [3.8, 4) is 22.4 Å². The van der Waals surface area contributed by atoms with Crippen LogP contribution in [0.15, 0.2) is 65.8 Å². The number of piperidine rings is 1. The molecule has 1 saturated heterocycles. The summed E-state index contributed by atoms with van der Waals surface area (Å²) in [6.07, 6.45) is 4.71. The number of likely N-dealkylation sites (tertiary alicyclic amines) is 1. The number of aromatic nitrogens is 3. The van der Waals surface area contributed by atoms with Gasteiger partial charge >= 0.3 is 0 Å². The Kier molecular flexibility index (Phi) is 7.78. The largest absolute Gasteiger partial charge is 0.301 e. The molecule has 0 radical (unpaired) electrons. The molecule has 0 N–H and O–H groups in total. The Bertz CT molecular complexity index is 1650. The van der Waals surface area contributed by atoms with Crippen LogP contribution in [0.3, 0.4) is 0 Å². The van der Waals surface area contributed by atoms with E-state index in [1.807, 2.05) is 0 Å². The minimum absolute atomic E-state index is 0.0120. The van der Waals surface area contributed by atoms with Crippen molar-refractivity contribution in [2.75, 3.05) is 13.1 Å². The molecule has 210 valence electrons. The Balaban J connectivity index is 1.55. The average Bonchev–Trinajstić information content (AvgIpc) is 3.36. The van der Waals surface area contributed by atoms with Gasteiger partial charge in [-0.3, -0.25) is 4.68 Å². The van der Waals surface area contributed by atoms with Gasteiger partial charge in [-0.25, -0.2) is 26.6 Å². The second kappa shape index (κ2) is 11.1. The molecule has 0 aliphatic carbocycles. The summed E-state index contributed by atoms with van der Waals surface area (Å²) in [5.41, 5.74) is 0.895. The minimum Gasteiger partial charge on any atom is -0.301 e. The molecule has 6 nitrogen and oxygen atoms in total. The van der Waals surface area contributed by atoms with Gasteiger partial charge in [0, 0.05) is 54.3 Å². The predicted octanol–water partition coefficient (Wildman–Crippen LogP) is 6.19. The van der Waals surface area contributed by atoms with Gasteiger partial charge in [0.15, 0.2) is 9.84 Å². The van der Waals surface area contributed by atoms with Gasteiger partial charge in [0.1, 0.15) is 28.0 Å². The highest BCUT2D eigenvalue weighted by Gasteiger charge is 2.27. The van der Waals surface area contributed by atoms with E-state index in [0.29, 0.717) is 29.3 Å². The first-order chi connectivity index (χ1) is 19.0. The van der Waals surface area contributed by atoms with Crippen molar-refractivity contribution in [2.45, 2.75) is 49.4 Å². The molecular formula is C29H28F4N4O2S. The van der Waals surface area contributed by atoms with Crippen molar-refractivity contribution in [3.63, 3.8) is 0 Å². The summed E-state index contributed by atoms with van der Waals surface area (Å²) in [5, 5.41) is 4.72. The molecule has 0 saturated carbocycles. The molecule has 0 spiro atoms. The Morgan fingerprint density at radius 2 is 1.73 bits per heavy atom. The van der Waals surface area contributed by atoms with Crippen molar-refractivity contribution in [1.29, 1.82) is 0 Å². The van der Waals surface area contributed by atoms with E-state index in [2.05, 4.69) is 23.7 Å². The number of halogens is 4. The van der Waals surface area contributed by atoms with Gasteiger partial charge in [0.25, 0.3) is 0 Å². The zero-order chi connectivity index (χ0) is 28.6. The monoisotopic (exact) mass is 572 g/mol. The van der Waals surface area contributed by atoms with Gasteiger partial charge in [-0.1, -0.05) is 12.1 Å². The lowest BCUT2D eigenvalue weighted by molar-refractivity contribution is 0.147. The number of pyridine rings is 1. The van der Waals surface area contributed by atoms with Gasteiger partial charge in [-0.05, 0) is 62.6 Å². The third-order valence-electron chi connectivity index (χ3n) is 7.28. The third-order valence-corrected chi connectivity index (χ3v) is 8.95. The highest BCUT2D eigenvalue weighted by Crippen LogP contribution is 2.36. The van der Waals surface area contributed by atoms with Crippen LogP contribution in [0, 0.1) is 23.4 Å². The number of benzene rings is 2. The van der Waals surface area contributed by atoms with Gasteiger partial charge in [0.05, 0.1) is 11.8 Å². The van der Waals surface area contributed by atoms with Crippen LogP contribution in [0.1, 0.15) is 38.3 Å². The molecule has 0 unspecified atom stereocenters. The molecule has 1 aliphatic rings. The van der Waals surface area contributed by atoms with Crippen molar-refractivity contribution in [3.05, 3.63) is 89.9 Å². The van der Waals surface area contributed by atoms with Crippen molar-refractivity contribution < 1.29 is 26.0 Å². The molecule has 1 fully saturated rings. The quantitative estimate of drug-likeness (QED) is 0.195. The van der Waals surface area contributed by atoms with Crippen LogP contribution in [0.2, 0.25) is 0 Å². The maximum absolute atomic E-state index is 16.0. The summed E-state index contributed by atoms with van der Waals surface area (Å²) < 4.78 is 85.6. The second-order valence-corrected chi connectivity index (χ2v) is 12.2. The van der Waals surface area contributed by atoms with E-state index in [9.17, 15) is 21.6 Å². The van der Waals surface area contributed by atoms with Crippen LogP contribution in [-0.2, 0) is 15.6 Å². The van der Waals surface area contributed by atoms with Gasteiger partial charge < -0.3 is 4.90 Å². The third kappa shape index (κ3) is 5.66. The fraction of sp³-hybridized carbons (Fsp3) is 0.310.